The predicted molar refractivity (Wildman–Crippen MR) is 103 cm³/mol. The quantitative estimate of drug-likeness (QED) is 0.691. The lowest BCUT2D eigenvalue weighted by Gasteiger charge is -2.23. The number of methoxy groups -OCH3 is 1. The van der Waals surface area contributed by atoms with Gasteiger partial charge in [0.2, 0.25) is 0 Å². The minimum Gasteiger partial charge on any atom is -0.497 e. The number of nitrogens with two attached hydrogens (primary N) is 1. The number of hydrogen-bond acceptors (Lipinski definition) is 3. The second-order valence-corrected chi connectivity index (χ2v) is 6.10. The molecule has 6 heteroatoms. The van der Waals surface area contributed by atoms with Crippen LogP contribution in [0.3, 0.4) is 0 Å². The third-order valence-corrected chi connectivity index (χ3v) is 4.21. The van der Waals surface area contributed by atoms with E-state index in [0.717, 1.165) is 22.6 Å². The summed E-state index contributed by atoms with van der Waals surface area (Å²) in [5, 5.41) is 0.384. The van der Waals surface area contributed by atoms with Crippen molar-refractivity contribution in [1.82, 2.24) is 14.5 Å². The number of thiocarbonyl (C=S) groups is 1. The van der Waals surface area contributed by atoms with Gasteiger partial charge in [-0.3, -0.25) is 0 Å². The summed E-state index contributed by atoms with van der Waals surface area (Å²) in [7, 11) is 1.66. The molecule has 0 radical (unpaired) electrons. The van der Waals surface area contributed by atoms with Crippen LogP contribution in [0.5, 0.6) is 5.75 Å². The third-order valence-electron chi connectivity index (χ3n) is 3.96. The molecule has 0 aliphatic rings. The molecule has 0 atom stereocenters. The molecular formula is C19H20N4OS. The van der Waals surface area contributed by atoms with Gasteiger partial charge in [-0.05, 0) is 47.6 Å². The fraction of sp³-hybridized carbons (Fsp3) is 0.158. The summed E-state index contributed by atoms with van der Waals surface area (Å²) in [5.41, 5.74) is 9.26. The summed E-state index contributed by atoms with van der Waals surface area (Å²) in [6, 6.07) is 16.2. The highest BCUT2D eigenvalue weighted by atomic mass is 32.1. The minimum absolute atomic E-state index is 0.384. The molecule has 3 aromatic rings. The molecule has 1 aromatic heterocycles. The highest BCUT2D eigenvalue weighted by Gasteiger charge is 2.09. The number of aromatic nitrogens is 2. The zero-order valence-corrected chi connectivity index (χ0v) is 14.8. The number of nitrogens with zero attached hydrogens (tertiary/aromatic N) is 3. The van der Waals surface area contributed by atoms with Gasteiger partial charge in [0.05, 0.1) is 13.4 Å². The van der Waals surface area contributed by atoms with Crippen LogP contribution in [0.4, 0.5) is 0 Å². The summed E-state index contributed by atoms with van der Waals surface area (Å²) < 4.78 is 7.15. The van der Waals surface area contributed by atoms with E-state index in [1.165, 1.54) is 0 Å². The molecule has 0 fully saturated rings. The fourth-order valence-electron chi connectivity index (χ4n) is 2.57. The average Bonchev–Trinajstić information content (AvgIpc) is 3.17. The SMILES string of the molecule is COc1ccc(CN(Cc2ccc(-n3ccnc3)cc2)C(N)=S)cc1. The van der Waals surface area contributed by atoms with Gasteiger partial charge in [0.25, 0.3) is 0 Å². The van der Waals surface area contributed by atoms with E-state index in [-0.39, 0.29) is 0 Å². The predicted octanol–water partition coefficient (Wildman–Crippen LogP) is 3.13. The van der Waals surface area contributed by atoms with Gasteiger partial charge in [-0.1, -0.05) is 24.3 Å². The van der Waals surface area contributed by atoms with Crippen molar-refractivity contribution < 1.29 is 4.74 Å². The van der Waals surface area contributed by atoms with Crippen LogP contribution in [-0.2, 0) is 13.1 Å². The molecular weight excluding hydrogens is 332 g/mol. The first-order valence-electron chi connectivity index (χ1n) is 7.90. The Morgan fingerprint density at radius 2 is 1.68 bits per heavy atom. The Bertz CT molecular complexity index is 814. The molecule has 0 aliphatic carbocycles. The Morgan fingerprint density at radius 1 is 1.08 bits per heavy atom. The second kappa shape index (κ2) is 7.81. The zero-order valence-electron chi connectivity index (χ0n) is 14.0. The van der Waals surface area contributed by atoms with Crippen molar-refractivity contribution in [2.45, 2.75) is 13.1 Å². The molecule has 0 saturated heterocycles. The molecule has 1 heterocycles. The van der Waals surface area contributed by atoms with Crippen LogP contribution in [-0.4, -0.2) is 26.7 Å². The first-order valence-corrected chi connectivity index (χ1v) is 8.31. The van der Waals surface area contributed by atoms with Gasteiger partial charge >= 0.3 is 0 Å². The zero-order chi connectivity index (χ0) is 17.6. The molecule has 2 aromatic carbocycles. The van der Waals surface area contributed by atoms with Crippen LogP contribution in [0.2, 0.25) is 0 Å². The third kappa shape index (κ3) is 4.36. The first kappa shape index (κ1) is 17.0. The Balaban J connectivity index is 1.69. The number of hydrogen-bond donors (Lipinski definition) is 1. The fourth-order valence-corrected chi connectivity index (χ4v) is 2.70. The number of imidazole rings is 1. The highest BCUT2D eigenvalue weighted by Crippen LogP contribution is 2.16. The van der Waals surface area contributed by atoms with Crippen LogP contribution in [0, 0.1) is 0 Å². The highest BCUT2D eigenvalue weighted by molar-refractivity contribution is 7.80. The second-order valence-electron chi connectivity index (χ2n) is 5.68. The molecule has 128 valence electrons. The van der Waals surface area contributed by atoms with Crippen LogP contribution in [0.25, 0.3) is 5.69 Å². The molecule has 0 unspecified atom stereocenters. The molecule has 0 aliphatic heterocycles. The summed E-state index contributed by atoms with van der Waals surface area (Å²) in [6.45, 7) is 1.31. The van der Waals surface area contributed by atoms with Gasteiger partial charge in [0.1, 0.15) is 5.75 Å². The van der Waals surface area contributed by atoms with E-state index in [4.69, 9.17) is 22.7 Å². The topological polar surface area (TPSA) is 56.3 Å². The van der Waals surface area contributed by atoms with Gasteiger partial charge < -0.3 is 19.9 Å². The number of benzene rings is 2. The van der Waals surface area contributed by atoms with Crippen LogP contribution in [0.1, 0.15) is 11.1 Å². The molecule has 3 rings (SSSR count). The summed E-state index contributed by atoms with van der Waals surface area (Å²) in [5.74, 6) is 0.834. The molecule has 0 amide bonds. The monoisotopic (exact) mass is 352 g/mol. The Hall–Kier alpha value is -2.86. The Labute approximate surface area is 152 Å². The Kier molecular flexibility index (Phi) is 5.30. The van der Waals surface area contributed by atoms with Crippen molar-refractivity contribution in [2.75, 3.05) is 7.11 Å². The van der Waals surface area contributed by atoms with Crippen molar-refractivity contribution in [3.63, 3.8) is 0 Å². The molecule has 0 spiro atoms. The smallest absolute Gasteiger partial charge is 0.166 e. The molecule has 0 saturated carbocycles. The van der Waals surface area contributed by atoms with Gasteiger partial charge in [0.15, 0.2) is 5.11 Å². The normalized spacial score (nSPS) is 10.4. The summed E-state index contributed by atoms with van der Waals surface area (Å²) in [4.78, 5) is 6.04. The van der Waals surface area contributed by atoms with Crippen molar-refractivity contribution in [1.29, 1.82) is 0 Å². The van der Waals surface area contributed by atoms with Gasteiger partial charge in [-0.25, -0.2) is 4.98 Å². The lowest BCUT2D eigenvalue weighted by Crippen LogP contribution is -2.34. The van der Waals surface area contributed by atoms with E-state index >= 15 is 0 Å². The Morgan fingerprint density at radius 3 is 2.16 bits per heavy atom. The molecule has 2 N–H and O–H groups in total. The van der Waals surface area contributed by atoms with E-state index < -0.39 is 0 Å². The average molecular weight is 352 g/mol. The van der Waals surface area contributed by atoms with Crippen molar-refractivity contribution in [3.8, 4) is 11.4 Å². The van der Waals surface area contributed by atoms with E-state index in [0.29, 0.717) is 18.2 Å². The van der Waals surface area contributed by atoms with E-state index in [1.54, 1.807) is 19.6 Å². The van der Waals surface area contributed by atoms with E-state index in [1.807, 2.05) is 39.9 Å². The minimum atomic E-state index is 0.384. The van der Waals surface area contributed by atoms with Crippen molar-refractivity contribution >= 4 is 17.3 Å². The maximum atomic E-state index is 5.92. The van der Waals surface area contributed by atoms with Crippen LogP contribution >= 0.6 is 12.2 Å². The molecule has 5 nitrogen and oxygen atoms in total. The van der Waals surface area contributed by atoms with E-state index in [9.17, 15) is 0 Å². The van der Waals surface area contributed by atoms with Crippen molar-refractivity contribution in [2.24, 2.45) is 5.73 Å². The molecule has 0 bridgehead atoms. The lowest BCUT2D eigenvalue weighted by molar-refractivity contribution is 0.405. The number of rotatable bonds is 6. The molecule has 25 heavy (non-hydrogen) atoms. The number of ether oxygens (including phenoxy) is 1. The van der Waals surface area contributed by atoms with Crippen LogP contribution in [0.15, 0.2) is 67.3 Å². The van der Waals surface area contributed by atoms with Gasteiger partial charge in [-0.15, -0.1) is 0 Å². The maximum absolute atomic E-state index is 5.92. The van der Waals surface area contributed by atoms with Crippen molar-refractivity contribution in [3.05, 3.63) is 78.4 Å². The largest absolute Gasteiger partial charge is 0.497 e. The summed E-state index contributed by atoms with van der Waals surface area (Å²) >= 11 is 5.22. The van der Waals surface area contributed by atoms with Crippen LogP contribution < -0.4 is 10.5 Å². The first-order chi connectivity index (χ1) is 12.2. The van der Waals surface area contributed by atoms with Gasteiger partial charge in [0, 0.05) is 31.2 Å². The maximum Gasteiger partial charge on any atom is 0.166 e. The lowest BCUT2D eigenvalue weighted by atomic mass is 10.1. The van der Waals surface area contributed by atoms with Gasteiger partial charge in [-0.2, -0.15) is 0 Å². The van der Waals surface area contributed by atoms with E-state index in [2.05, 4.69) is 29.2 Å². The summed E-state index contributed by atoms with van der Waals surface area (Å²) in [6.07, 6.45) is 5.46. The standard InChI is InChI=1S/C19H20N4OS/c1-24-18-8-4-16(5-9-18)13-23(19(20)25)12-15-2-6-17(7-3-15)22-11-10-21-14-22/h2-11,14H,12-13H2,1H3,(H2,20,25).